The molecule has 2 amide bonds. The first-order valence-corrected chi connectivity index (χ1v) is 12.9. The highest BCUT2D eigenvalue weighted by Gasteiger charge is 2.23. The van der Waals surface area contributed by atoms with Gasteiger partial charge in [-0.15, -0.1) is 0 Å². The number of halogens is 1. The van der Waals surface area contributed by atoms with Crippen molar-refractivity contribution in [2.45, 2.75) is 46.1 Å². The summed E-state index contributed by atoms with van der Waals surface area (Å²) >= 11 is 0. The van der Waals surface area contributed by atoms with Gasteiger partial charge < -0.3 is 26.6 Å². The quantitative estimate of drug-likeness (QED) is 0.232. The lowest BCUT2D eigenvalue weighted by Crippen LogP contribution is -3.00. The number of carbonyl (C=O) groups excluding carboxylic acids is 2. The molecule has 0 fully saturated rings. The van der Waals surface area contributed by atoms with E-state index in [2.05, 4.69) is 15.8 Å². The molecule has 0 saturated carbocycles. The maximum Gasteiger partial charge on any atom is 0.426 e. The van der Waals surface area contributed by atoms with E-state index in [0.717, 1.165) is 11.1 Å². The van der Waals surface area contributed by atoms with Crippen LogP contribution in [0.5, 0.6) is 11.5 Å². The summed E-state index contributed by atoms with van der Waals surface area (Å²) < 4.78 is 19.6. The van der Waals surface area contributed by atoms with Crippen molar-refractivity contribution in [2.24, 2.45) is 0 Å². The zero-order valence-electron chi connectivity index (χ0n) is 23.2. The maximum atomic E-state index is 13.1. The number of pyridine rings is 2. The number of hydrazine groups is 1. The summed E-state index contributed by atoms with van der Waals surface area (Å²) in [5, 5.41) is 0. The predicted octanol–water partition coefficient (Wildman–Crippen LogP) is 1.75. The fourth-order valence-electron chi connectivity index (χ4n) is 3.70. The second-order valence-electron chi connectivity index (χ2n) is 9.96. The Labute approximate surface area is 245 Å². The Hall–Kier alpha value is -4.63. The fraction of sp³-hybridized carbons (Fsp3) is 0.226. The van der Waals surface area contributed by atoms with E-state index < -0.39 is 17.6 Å². The Kier molecular flexibility index (Phi) is 11.1. The summed E-state index contributed by atoms with van der Waals surface area (Å²) in [6.07, 6.45) is 3.00. The second kappa shape index (κ2) is 14.7. The number of carbonyl (C=O) groups is 2. The highest BCUT2D eigenvalue weighted by molar-refractivity contribution is 5.93. The number of aromatic nitrogens is 2. The second-order valence-corrected chi connectivity index (χ2v) is 9.96. The molecule has 0 aliphatic carbocycles. The third-order valence-electron chi connectivity index (χ3n) is 5.49. The Morgan fingerprint density at radius 1 is 0.805 bits per heavy atom. The van der Waals surface area contributed by atoms with Crippen molar-refractivity contribution in [1.82, 2.24) is 15.8 Å². The maximum absolute atomic E-state index is 13.1. The summed E-state index contributed by atoms with van der Waals surface area (Å²) in [6.45, 7) is 6.04. The Bertz CT molecular complexity index is 1420. The first-order valence-electron chi connectivity index (χ1n) is 12.9. The van der Waals surface area contributed by atoms with Crippen LogP contribution in [0.4, 0.5) is 4.79 Å². The highest BCUT2D eigenvalue weighted by atomic mass is 35.5. The van der Waals surface area contributed by atoms with Crippen LogP contribution in [-0.2, 0) is 24.5 Å². The minimum Gasteiger partial charge on any atom is -1.00 e. The number of rotatable bonds is 9. The van der Waals surface area contributed by atoms with E-state index in [-0.39, 0.29) is 31.3 Å². The molecule has 2 N–H and O–H groups in total. The van der Waals surface area contributed by atoms with Crippen LogP contribution in [0.25, 0.3) is 0 Å². The zero-order chi connectivity index (χ0) is 28.4. The molecular formula is C31H33ClN4O5. The zero-order valence-corrected chi connectivity index (χ0v) is 23.9. The van der Waals surface area contributed by atoms with Crippen LogP contribution in [0, 0.1) is 0 Å². The van der Waals surface area contributed by atoms with E-state index in [9.17, 15) is 9.59 Å². The van der Waals surface area contributed by atoms with Crippen LogP contribution in [0.3, 0.4) is 0 Å². The van der Waals surface area contributed by atoms with Crippen LogP contribution >= 0.6 is 0 Å². The summed E-state index contributed by atoms with van der Waals surface area (Å²) in [6, 6.07) is 26.7. The standard InChI is InChI=1S/C31H32N4O5.ClH/c1-31(2,3)40-30(37)34-33-29(36)25-19-27(38-21-23-13-7-4-8-14-23)28(39-22-24-15-9-5-10-16-24)26(32-25)20-35-17-11-6-12-18-35;/h4-19H,20-22H2,1-3H3,(H-,32,33,34,36,37);1H. The average molecular weight is 577 g/mol. The monoisotopic (exact) mass is 576 g/mol. The summed E-state index contributed by atoms with van der Waals surface area (Å²) in [5.74, 6) is 0.140. The van der Waals surface area contributed by atoms with Gasteiger partial charge in [-0.1, -0.05) is 66.7 Å². The third-order valence-corrected chi connectivity index (χ3v) is 5.49. The van der Waals surface area contributed by atoms with Crippen molar-refractivity contribution < 1.29 is 40.8 Å². The Morgan fingerprint density at radius 3 is 1.95 bits per heavy atom. The predicted molar refractivity (Wildman–Crippen MR) is 148 cm³/mol. The molecule has 0 aliphatic heterocycles. The molecule has 0 spiro atoms. The Balaban J connectivity index is 0.00000462. The number of hydrogen-bond donors (Lipinski definition) is 2. The van der Waals surface area contributed by atoms with E-state index in [4.69, 9.17) is 14.2 Å². The molecule has 10 heteroatoms. The topological polar surface area (TPSA) is 103 Å². The van der Waals surface area contributed by atoms with Crippen molar-refractivity contribution in [3.05, 3.63) is 120 Å². The van der Waals surface area contributed by atoms with Gasteiger partial charge in [-0.05, 0) is 31.9 Å². The Morgan fingerprint density at radius 2 is 1.37 bits per heavy atom. The number of ether oxygens (including phenoxy) is 3. The molecule has 0 radical (unpaired) electrons. The molecule has 41 heavy (non-hydrogen) atoms. The van der Waals surface area contributed by atoms with Gasteiger partial charge in [0.05, 0.1) is 0 Å². The lowest BCUT2D eigenvalue weighted by Gasteiger charge is -2.20. The molecule has 4 aromatic rings. The van der Waals surface area contributed by atoms with E-state index in [0.29, 0.717) is 23.7 Å². The van der Waals surface area contributed by atoms with Crippen LogP contribution in [0.2, 0.25) is 0 Å². The van der Waals surface area contributed by atoms with E-state index >= 15 is 0 Å². The number of hydrogen-bond acceptors (Lipinski definition) is 6. The molecular weight excluding hydrogens is 544 g/mol. The summed E-state index contributed by atoms with van der Waals surface area (Å²) in [5.41, 5.74) is 6.36. The fourth-order valence-corrected chi connectivity index (χ4v) is 3.70. The van der Waals surface area contributed by atoms with Gasteiger partial charge in [0.25, 0.3) is 5.91 Å². The van der Waals surface area contributed by atoms with E-state index in [1.807, 2.05) is 95.8 Å². The smallest absolute Gasteiger partial charge is 0.426 e. The lowest BCUT2D eigenvalue weighted by molar-refractivity contribution is -0.688. The van der Waals surface area contributed by atoms with Gasteiger partial charge in [-0.3, -0.25) is 10.2 Å². The molecule has 2 heterocycles. The van der Waals surface area contributed by atoms with Gasteiger partial charge in [-0.25, -0.2) is 15.2 Å². The highest BCUT2D eigenvalue weighted by Crippen LogP contribution is 2.33. The van der Waals surface area contributed by atoms with Crippen LogP contribution < -0.4 is 37.3 Å². The van der Waals surface area contributed by atoms with Gasteiger partial charge in [0.2, 0.25) is 0 Å². The summed E-state index contributed by atoms with van der Waals surface area (Å²) in [7, 11) is 0. The van der Waals surface area contributed by atoms with Gasteiger partial charge in [0.1, 0.15) is 24.5 Å². The molecule has 0 atom stereocenters. The van der Waals surface area contributed by atoms with E-state index in [1.165, 1.54) is 6.07 Å². The van der Waals surface area contributed by atoms with E-state index in [1.54, 1.807) is 20.8 Å². The number of nitrogens with zero attached hydrogens (tertiary/aromatic N) is 2. The normalized spacial score (nSPS) is 10.6. The molecule has 2 aromatic carbocycles. The number of amides is 2. The molecule has 9 nitrogen and oxygen atoms in total. The van der Waals surface area contributed by atoms with Crippen LogP contribution in [0.15, 0.2) is 97.3 Å². The van der Waals surface area contributed by atoms with Gasteiger partial charge >= 0.3 is 6.09 Å². The number of nitrogens with one attached hydrogen (secondary N) is 2. The molecule has 4 rings (SSSR count). The SMILES string of the molecule is CC(C)(C)OC(=O)NNC(=O)c1cc(OCc2ccccc2)c(OCc2ccccc2)c(C[n+]2ccccc2)n1.[Cl-]. The van der Waals surface area contributed by atoms with Crippen molar-refractivity contribution in [3.8, 4) is 11.5 Å². The molecule has 214 valence electrons. The molecule has 0 unspecified atom stereocenters. The number of benzene rings is 2. The first kappa shape index (κ1) is 30.9. The van der Waals surface area contributed by atoms with Gasteiger partial charge in [0.15, 0.2) is 36.1 Å². The molecule has 0 saturated heterocycles. The molecule has 0 aliphatic rings. The summed E-state index contributed by atoms with van der Waals surface area (Å²) in [4.78, 5) is 29.8. The minimum absolute atomic E-state index is 0. The van der Waals surface area contributed by atoms with Crippen LogP contribution in [-0.4, -0.2) is 22.6 Å². The van der Waals surface area contributed by atoms with Crippen LogP contribution in [0.1, 0.15) is 48.1 Å². The first-order chi connectivity index (χ1) is 19.3. The third kappa shape index (κ3) is 9.81. The van der Waals surface area contributed by atoms with Gasteiger partial charge in [0, 0.05) is 18.2 Å². The minimum atomic E-state index is -0.788. The average Bonchev–Trinajstić information content (AvgIpc) is 2.95. The van der Waals surface area contributed by atoms with Crippen molar-refractivity contribution in [1.29, 1.82) is 0 Å². The van der Waals surface area contributed by atoms with Crippen molar-refractivity contribution >= 4 is 12.0 Å². The van der Waals surface area contributed by atoms with Gasteiger partial charge in [-0.2, -0.15) is 4.57 Å². The largest absolute Gasteiger partial charge is 1.00 e. The van der Waals surface area contributed by atoms with Crippen molar-refractivity contribution in [3.63, 3.8) is 0 Å². The van der Waals surface area contributed by atoms with Crippen molar-refractivity contribution in [2.75, 3.05) is 0 Å². The lowest BCUT2D eigenvalue weighted by atomic mass is 10.2. The molecule has 0 bridgehead atoms. The molecule has 2 aromatic heterocycles.